The van der Waals surface area contributed by atoms with Gasteiger partial charge in [0, 0.05) is 10.2 Å². The van der Waals surface area contributed by atoms with Crippen molar-refractivity contribution in [2.75, 3.05) is 11.9 Å². The van der Waals surface area contributed by atoms with Gasteiger partial charge in [0.2, 0.25) is 5.91 Å². The van der Waals surface area contributed by atoms with Crippen LogP contribution in [0.1, 0.15) is 23.6 Å². The second-order valence-corrected chi connectivity index (χ2v) is 9.81. The normalized spacial score (nSPS) is 14.2. The molecular weight excluding hydrogens is 590 g/mol. The Labute approximate surface area is 225 Å². The largest absolute Gasteiger partial charge is 0.488 e. The van der Waals surface area contributed by atoms with Gasteiger partial charge in [0.1, 0.15) is 24.6 Å². The van der Waals surface area contributed by atoms with Gasteiger partial charge in [0.05, 0.1) is 4.47 Å². The van der Waals surface area contributed by atoms with Crippen molar-refractivity contribution in [2.24, 2.45) is 0 Å². The molecule has 3 aromatic carbocycles. The molecule has 2 N–H and O–H groups in total. The van der Waals surface area contributed by atoms with Gasteiger partial charge in [-0.3, -0.25) is 9.59 Å². The third-order valence-electron chi connectivity index (χ3n) is 5.51. The highest BCUT2D eigenvalue weighted by molar-refractivity contribution is 9.10. The third kappa shape index (κ3) is 6.22. The minimum absolute atomic E-state index is 0.0946. The Bertz CT molecular complexity index is 1340. The monoisotopic (exact) mass is 611 g/mol. The Hall–Kier alpha value is -3.43. The Morgan fingerprint density at radius 2 is 1.81 bits per heavy atom. The number of aryl methyl sites for hydroxylation is 1. The lowest BCUT2D eigenvalue weighted by Gasteiger charge is -2.13. The van der Waals surface area contributed by atoms with Gasteiger partial charge in [0.15, 0.2) is 0 Å². The summed E-state index contributed by atoms with van der Waals surface area (Å²) in [5, 5.41) is 5.33. The maximum Gasteiger partial charge on any atom is 0.329 e. The fourth-order valence-corrected chi connectivity index (χ4v) is 4.41. The summed E-state index contributed by atoms with van der Waals surface area (Å²) in [5.41, 5.74) is 3.44. The van der Waals surface area contributed by atoms with Crippen molar-refractivity contribution in [3.05, 3.63) is 98.1 Å². The number of halogens is 2. The fraction of sp³-hybridized carbons (Fsp3) is 0.148. The summed E-state index contributed by atoms with van der Waals surface area (Å²) in [6, 6.07) is 20.0. The van der Waals surface area contributed by atoms with E-state index in [2.05, 4.69) is 42.5 Å². The molecule has 1 aliphatic heterocycles. The number of carbonyl (C=O) groups is 3. The number of imide groups is 1. The van der Waals surface area contributed by atoms with Crippen LogP contribution in [-0.4, -0.2) is 29.3 Å². The molecule has 1 saturated heterocycles. The van der Waals surface area contributed by atoms with Crippen molar-refractivity contribution in [2.45, 2.75) is 20.0 Å². The van der Waals surface area contributed by atoms with Gasteiger partial charge in [0.25, 0.3) is 5.91 Å². The number of nitrogens with one attached hydrogen (secondary N) is 2. The topological polar surface area (TPSA) is 87.7 Å². The molecule has 7 nitrogen and oxygen atoms in total. The molecule has 0 aromatic heterocycles. The van der Waals surface area contributed by atoms with E-state index >= 15 is 0 Å². The second-order valence-electron chi connectivity index (χ2n) is 8.04. The van der Waals surface area contributed by atoms with Crippen LogP contribution in [0.15, 0.2) is 81.4 Å². The van der Waals surface area contributed by atoms with Crippen molar-refractivity contribution in [3.8, 4) is 5.75 Å². The lowest BCUT2D eigenvalue weighted by molar-refractivity contribution is -0.127. The quantitative estimate of drug-likeness (QED) is 0.245. The van der Waals surface area contributed by atoms with Crippen LogP contribution in [0.2, 0.25) is 0 Å². The molecule has 1 heterocycles. The fourth-order valence-electron chi connectivity index (χ4n) is 3.63. The van der Waals surface area contributed by atoms with Gasteiger partial charge in [-0.2, -0.15) is 0 Å². The number of anilines is 1. The lowest BCUT2D eigenvalue weighted by atomic mass is 10.1. The average molecular weight is 613 g/mol. The number of urea groups is 1. The number of para-hydroxylation sites is 1. The Kier molecular flexibility index (Phi) is 8.22. The van der Waals surface area contributed by atoms with Crippen molar-refractivity contribution in [1.82, 2.24) is 10.2 Å². The molecule has 1 aliphatic rings. The molecule has 184 valence electrons. The van der Waals surface area contributed by atoms with E-state index in [1.54, 1.807) is 30.3 Å². The summed E-state index contributed by atoms with van der Waals surface area (Å²) in [5.74, 6) is -0.367. The summed E-state index contributed by atoms with van der Waals surface area (Å²) >= 11 is 6.91. The van der Waals surface area contributed by atoms with Crippen LogP contribution in [0.5, 0.6) is 5.75 Å². The van der Waals surface area contributed by atoms with Crippen molar-refractivity contribution in [1.29, 1.82) is 0 Å². The zero-order valence-electron chi connectivity index (χ0n) is 19.4. The van der Waals surface area contributed by atoms with Crippen LogP contribution in [0.4, 0.5) is 10.5 Å². The number of nitrogens with zero attached hydrogens (tertiary/aromatic N) is 1. The predicted octanol–water partition coefficient (Wildman–Crippen LogP) is 5.88. The van der Waals surface area contributed by atoms with Crippen LogP contribution in [-0.2, 0) is 22.6 Å². The number of amides is 4. The average Bonchev–Trinajstić information content (AvgIpc) is 3.12. The smallest absolute Gasteiger partial charge is 0.329 e. The molecule has 36 heavy (non-hydrogen) atoms. The molecular formula is C27H23Br2N3O4. The van der Waals surface area contributed by atoms with Gasteiger partial charge >= 0.3 is 6.03 Å². The number of ether oxygens (including phenoxy) is 1. The van der Waals surface area contributed by atoms with E-state index in [1.165, 1.54) is 0 Å². The van der Waals surface area contributed by atoms with Crippen LogP contribution in [0, 0.1) is 0 Å². The summed E-state index contributed by atoms with van der Waals surface area (Å²) < 4.78 is 7.58. The minimum atomic E-state index is -0.640. The SMILES string of the molecule is CCc1ccccc1NC(=O)CN1C(=O)N/C(=C/c2ccc(OCc3ccc(Br)cc3)c(Br)c2)C1=O. The highest BCUT2D eigenvalue weighted by atomic mass is 79.9. The number of benzene rings is 3. The van der Waals surface area contributed by atoms with Gasteiger partial charge in [-0.05, 0) is 75.4 Å². The molecule has 0 atom stereocenters. The summed E-state index contributed by atoms with van der Waals surface area (Å²) in [7, 11) is 0. The maximum absolute atomic E-state index is 12.8. The number of hydrogen-bond donors (Lipinski definition) is 2. The molecule has 0 saturated carbocycles. The van der Waals surface area contributed by atoms with E-state index in [0.29, 0.717) is 28.1 Å². The third-order valence-corrected chi connectivity index (χ3v) is 6.66. The van der Waals surface area contributed by atoms with Crippen LogP contribution >= 0.6 is 31.9 Å². The van der Waals surface area contributed by atoms with E-state index in [0.717, 1.165) is 26.9 Å². The first-order chi connectivity index (χ1) is 17.3. The Morgan fingerprint density at radius 1 is 1.06 bits per heavy atom. The molecule has 9 heteroatoms. The standard InChI is InChI=1S/C27H23Br2N3O4/c1-2-19-5-3-4-6-22(19)30-25(33)15-32-26(34)23(31-27(32)35)14-18-9-12-24(21(29)13-18)36-16-17-7-10-20(28)11-8-17/h3-14H,2,15-16H2,1H3,(H,30,33)(H,31,35)/b23-14+. The molecule has 0 unspecified atom stereocenters. The summed E-state index contributed by atoms with van der Waals surface area (Å²) in [4.78, 5) is 38.6. The highest BCUT2D eigenvalue weighted by Gasteiger charge is 2.35. The lowest BCUT2D eigenvalue weighted by Crippen LogP contribution is -2.38. The van der Waals surface area contributed by atoms with Gasteiger partial charge < -0.3 is 15.4 Å². The van der Waals surface area contributed by atoms with E-state index in [4.69, 9.17) is 4.74 Å². The number of rotatable bonds is 8. The zero-order chi connectivity index (χ0) is 25.7. The van der Waals surface area contributed by atoms with E-state index in [9.17, 15) is 14.4 Å². The summed E-state index contributed by atoms with van der Waals surface area (Å²) in [6.45, 7) is 2.01. The van der Waals surface area contributed by atoms with Crippen molar-refractivity contribution >= 4 is 61.5 Å². The van der Waals surface area contributed by atoms with E-state index in [1.807, 2.05) is 49.4 Å². The van der Waals surface area contributed by atoms with Gasteiger partial charge in [-0.25, -0.2) is 9.69 Å². The van der Waals surface area contributed by atoms with Crippen molar-refractivity contribution < 1.29 is 19.1 Å². The van der Waals surface area contributed by atoms with E-state index < -0.39 is 17.8 Å². The zero-order valence-corrected chi connectivity index (χ0v) is 22.6. The number of carbonyl (C=O) groups excluding carboxylic acids is 3. The van der Waals surface area contributed by atoms with E-state index in [-0.39, 0.29) is 12.2 Å². The summed E-state index contributed by atoms with van der Waals surface area (Å²) in [6.07, 6.45) is 2.31. The highest BCUT2D eigenvalue weighted by Crippen LogP contribution is 2.28. The molecule has 0 aliphatic carbocycles. The first kappa shape index (κ1) is 25.7. The molecule has 1 fully saturated rings. The van der Waals surface area contributed by atoms with Crippen LogP contribution < -0.4 is 15.4 Å². The molecule has 0 spiro atoms. The van der Waals surface area contributed by atoms with Gasteiger partial charge in [-0.1, -0.05) is 59.3 Å². The molecule has 0 bridgehead atoms. The first-order valence-electron chi connectivity index (χ1n) is 11.2. The molecule has 3 aromatic rings. The number of hydrogen-bond acceptors (Lipinski definition) is 4. The molecule has 0 radical (unpaired) electrons. The predicted molar refractivity (Wildman–Crippen MR) is 145 cm³/mol. The Balaban J connectivity index is 1.40. The van der Waals surface area contributed by atoms with Crippen LogP contribution in [0.3, 0.4) is 0 Å². The maximum atomic E-state index is 12.8. The Morgan fingerprint density at radius 3 is 2.53 bits per heavy atom. The first-order valence-corrected chi connectivity index (χ1v) is 12.8. The van der Waals surface area contributed by atoms with Gasteiger partial charge in [-0.15, -0.1) is 0 Å². The molecule has 4 rings (SSSR count). The minimum Gasteiger partial charge on any atom is -0.488 e. The second kappa shape index (κ2) is 11.5. The van der Waals surface area contributed by atoms with Crippen LogP contribution in [0.25, 0.3) is 6.08 Å². The van der Waals surface area contributed by atoms with Crippen molar-refractivity contribution in [3.63, 3.8) is 0 Å². The molecule has 4 amide bonds.